The van der Waals surface area contributed by atoms with Crippen molar-refractivity contribution in [2.75, 3.05) is 6.66 Å². The lowest BCUT2D eigenvalue weighted by molar-refractivity contribution is 0.364. The lowest BCUT2D eigenvalue weighted by Crippen LogP contribution is -2.22. The second kappa shape index (κ2) is 2.67. The molecule has 0 spiro atoms. The Labute approximate surface area is 63.1 Å². The summed E-state index contributed by atoms with van der Waals surface area (Å²) in [7, 11) is -2.88. The van der Waals surface area contributed by atoms with Crippen molar-refractivity contribution in [3.63, 3.8) is 0 Å². The van der Waals surface area contributed by atoms with E-state index in [0.717, 1.165) is 0 Å². The summed E-state index contributed by atoms with van der Waals surface area (Å²) >= 11 is 0. The predicted octanol–water partition coefficient (Wildman–Crippen LogP) is 2.32. The molecule has 0 bridgehead atoms. The number of hydrogen-bond acceptors (Lipinski definition) is 1. The van der Waals surface area contributed by atoms with E-state index in [9.17, 15) is 9.46 Å². The van der Waals surface area contributed by atoms with Crippen LogP contribution < -0.4 is 0 Å². The first kappa shape index (κ1) is 10.2. The quantitative estimate of drug-likeness (QED) is 0.604. The van der Waals surface area contributed by atoms with Gasteiger partial charge in [-0.2, -0.15) is 0 Å². The van der Waals surface area contributed by atoms with Crippen LogP contribution in [-0.2, 0) is 4.57 Å². The molecular weight excluding hydrogens is 147 g/mol. The van der Waals surface area contributed by atoms with Gasteiger partial charge in [-0.1, -0.05) is 27.7 Å². The van der Waals surface area contributed by atoms with Crippen molar-refractivity contribution in [3.05, 3.63) is 0 Å². The molecule has 0 radical (unpaired) electrons. The second-order valence-electron chi connectivity index (χ2n) is 3.99. The standard InChI is InChI=1S/C7H17O2P/c1-6(7(2,3)4)10(5,8)9/h6H,1-5H3,(H,8,9). The molecule has 2 atom stereocenters. The molecule has 0 fully saturated rings. The predicted molar refractivity (Wildman–Crippen MR) is 44.7 cm³/mol. The van der Waals surface area contributed by atoms with Crippen molar-refractivity contribution in [2.24, 2.45) is 5.41 Å². The highest BCUT2D eigenvalue weighted by atomic mass is 31.2. The maximum Gasteiger partial charge on any atom is 0.200 e. The van der Waals surface area contributed by atoms with E-state index in [1.54, 1.807) is 0 Å². The van der Waals surface area contributed by atoms with Crippen molar-refractivity contribution < 1.29 is 9.46 Å². The molecule has 0 aliphatic carbocycles. The summed E-state index contributed by atoms with van der Waals surface area (Å²) in [6.45, 7) is 9.17. The third-order valence-electron chi connectivity index (χ3n) is 1.97. The van der Waals surface area contributed by atoms with Gasteiger partial charge in [-0.05, 0) is 5.41 Å². The molecule has 10 heavy (non-hydrogen) atoms. The SMILES string of the molecule is CC(C(C)(C)C)P(C)(=O)O. The van der Waals surface area contributed by atoms with Crippen molar-refractivity contribution in [3.8, 4) is 0 Å². The summed E-state index contributed by atoms with van der Waals surface area (Å²) in [4.78, 5) is 9.18. The van der Waals surface area contributed by atoms with Gasteiger partial charge < -0.3 is 4.89 Å². The molecule has 0 aliphatic rings. The zero-order valence-electron chi connectivity index (χ0n) is 7.38. The first-order chi connectivity index (χ1) is 4.15. The van der Waals surface area contributed by atoms with Crippen LogP contribution in [0.15, 0.2) is 0 Å². The van der Waals surface area contributed by atoms with Crippen molar-refractivity contribution in [2.45, 2.75) is 33.4 Å². The molecule has 0 aliphatic heterocycles. The van der Waals surface area contributed by atoms with E-state index in [0.29, 0.717) is 0 Å². The van der Waals surface area contributed by atoms with Crippen LogP contribution in [0.25, 0.3) is 0 Å². The van der Waals surface area contributed by atoms with Gasteiger partial charge in [0, 0.05) is 12.3 Å². The molecule has 0 saturated heterocycles. The normalized spacial score (nSPS) is 21.8. The molecule has 0 aromatic rings. The molecule has 1 N–H and O–H groups in total. The Bertz CT molecular complexity index is 151. The molecule has 62 valence electrons. The van der Waals surface area contributed by atoms with Crippen molar-refractivity contribution in [1.29, 1.82) is 0 Å². The van der Waals surface area contributed by atoms with Crippen molar-refractivity contribution >= 4 is 7.37 Å². The Balaban J connectivity index is 4.39. The third-order valence-corrected chi connectivity index (χ3v) is 4.18. The smallest absolute Gasteiger partial charge is 0.200 e. The van der Waals surface area contributed by atoms with Gasteiger partial charge in [-0.15, -0.1) is 0 Å². The Hall–Kier alpha value is 0.190. The van der Waals surface area contributed by atoms with Crippen molar-refractivity contribution in [1.82, 2.24) is 0 Å². The average molecular weight is 164 g/mol. The molecule has 0 rings (SSSR count). The molecule has 2 unspecified atom stereocenters. The highest BCUT2D eigenvalue weighted by molar-refractivity contribution is 7.57. The summed E-state index contributed by atoms with van der Waals surface area (Å²) in [6.07, 6.45) is 0. The summed E-state index contributed by atoms with van der Waals surface area (Å²) in [6, 6.07) is 0. The minimum absolute atomic E-state index is 0.0704. The highest BCUT2D eigenvalue weighted by Crippen LogP contribution is 2.49. The van der Waals surface area contributed by atoms with Crippen LogP contribution >= 0.6 is 7.37 Å². The monoisotopic (exact) mass is 164 g/mol. The van der Waals surface area contributed by atoms with E-state index in [4.69, 9.17) is 0 Å². The summed E-state index contributed by atoms with van der Waals surface area (Å²) in [5.41, 5.74) is -0.195. The van der Waals surface area contributed by atoms with Crippen LogP contribution in [-0.4, -0.2) is 17.2 Å². The number of rotatable bonds is 1. The van der Waals surface area contributed by atoms with Crippen LogP contribution in [0, 0.1) is 5.41 Å². The lowest BCUT2D eigenvalue weighted by Gasteiger charge is -2.28. The van der Waals surface area contributed by atoms with E-state index in [-0.39, 0.29) is 11.1 Å². The molecule has 0 heterocycles. The molecule has 0 amide bonds. The zero-order chi connectivity index (χ0) is 8.58. The summed E-state index contributed by atoms with van der Waals surface area (Å²) < 4.78 is 11.1. The third kappa shape index (κ3) is 2.85. The Morgan fingerprint density at radius 1 is 1.40 bits per heavy atom. The molecule has 0 aromatic heterocycles. The Morgan fingerprint density at radius 2 is 1.70 bits per heavy atom. The van der Waals surface area contributed by atoms with Gasteiger partial charge in [0.2, 0.25) is 7.37 Å². The van der Waals surface area contributed by atoms with Gasteiger partial charge in [0.1, 0.15) is 0 Å². The van der Waals surface area contributed by atoms with E-state index in [1.165, 1.54) is 6.66 Å². The first-order valence-electron chi connectivity index (χ1n) is 3.45. The highest BCUT2D eigenvalue weighted by Gasteiger charge is 2.31. The molecular formula is C7H17O2P. The molecule has 0 saturated carbocycles. The van der Waals surface area contributed by atoms with Gasteiger partial charge in [-0.25, -0.2) is 0 Å². The topological polar surface area (TPSA) is 37.3 Å². The van der Waals surface area contributed by atoms with Gasteiger partial charge in [0.25, 0.3) is 0 Å². The van der Waals surface area contributed by atoms with Crippen LogP contribution in [0.5, 0.6) is 0 Å². The van der Waals surface area contributed by atoms with Crippen LogP contribution in [0.1, 0.15) is 27.7 Å². The van der Waals surface area contributed by atoms with E-state index >= 15 is 0 Å². The minimum Gasteiger partial charge on any atom is -0.344 e. The largest absolute Gasteiger partial charge is 0.344 e. The van der Waals surface area contributed by atoms with Crippen LogP contribution in [0.2, 0.25) is 0 Å². The first-order valence-corrected chi connectivity index (χ1v) is 5.63. The maximum atomic E-state index is 11.1. The van der Waals surface area contributed by atoms with E-state index < -0.39 is 7.37 Å². The van der Waals surface area contributed by atoms with Gasteiger partial charge in [0.05, 0.1) is 0 Å². The summed E-state index contributed by atoms with van der Waals surface area (Å²) in [5, 5.41) is 0. The van der Waals surface area contributed by atoms with Crippen LogP contribution in [0.3, 0.4) is 0 Å². The van der Waals surface area contributed by atoms with E-state index in [1.807, 2.05) is 27.7 Å². The molecule has 2 nitrogen and oxygen atoms in total. The molecule has 3 heteroatoms. The lowest BCUT2D eigenvalue weighted by atomic mass is 9.93. The second-order valence-corrected chi connectivity index (χ2v) is 6.65. The van der Waals surface area contributed by atoms with E-state index in [2.05, 4.69) is 0 Å². The van der Waals surface area contributed by atoms with Gasteiger partial charge >= 0.3 is 0 Å². The summed E-state index contributed by atoms with van der Waals surface area (Å²) in [5.74, 6) is 0. The Morgan fingerprint density at radius 3 is 1.70 bits per heavy atom. The maximum absolute atomic E-state index is 11.1. The Kier molecular flexibility index (Phi) is 2.72. The zero-order valence-corrected chi connectivity index (χ0v) is 8.27. The van der Waals surface area contributed by atoms with Gasteiger partial charge in [0.15, 0.2) is 0 Å². The van der Waals surface area contributed by atoms with Crippen LogP contribution in [0.4, 0.5) is 0 Å². The van der Waals surface area contributed by atoms with Gasteiger partial charge in [-0.3, -0.25) is 4.57 Å². The average Bonchev–Trinajstić information content (AvgIpc) is 1.59. The molecule has 0 aromatic carbocycles. The fourth-order valence-corrected chi connectivity index (χ4v) is 2.16. The minimum atomic E-state index is -2.88. The fourth-order valence-electron chi connectivity index (χ4n) is 0.719. The number of hydrogen-bond donors (Lipinski definition) is 1. The fraction of sp³-hybridized carbons (Fsp3) is 1.00.